The van der Waals surface area contributed by atoms with Crippen LogP contribution in [0.25, 0.3) is 6.08 Å². The molecular weight excluding hydrogens is 304 g/mol. The molecule has 0 saturated carbocycles. The summed E-state index contributed by atoms with van der Waals surface area (Å²) in [7, 11) is 3.49. The lowest BCUT2D eigenvalue weighted by atomic mass is 10.2. The number of rotatable bonds is 8. The van der Waals surface area contributed by atoms with Gasteiger partial charge in [0.15, 0.2) is 11.5 Å². The molecule has 0 unspecified atom stereocenters. The van der Waals surface area contributed by atoms with Crippen molar-refractivity contribution in [2.24, 2.45) is 0 Å². The van der Waals surface area contributed by atoms with Crippen LogP contribution in [0.3, 0.4) is 0 Å². The minimum atomic E-state index is -0.217. The maximum absolute atomic E-state index is 11.6. The van der Waals surface area contributed by atoms with Crippen LogP contribution in [0.5, 0.6) is 11.5 Å². The summed E-state index contributed by atoms with van der Waals surface area (Å²) < 4.78 is 11.2. The van der Waals surface area contributed by atoms with E-state index in [9.17, 15) is 4.79 Å². The summed E-state index contributed by atoms with van der Waals surface area (Å²) in [5.74, 6) is 0.904. The van der Waals surface area contributed by atoms with E-state index in [-0.39, 0.29) is 5.91 Å². The Hall–Kier alpha value is -1.72. The topological polar surface area (TPSA) is 50.8 Å². The van der Waals surface area contributed by atoms with Crippen molar-refractivity contribution in [2.75, 3.05) is 27.3 Å². The largest absolute Gasteiger partial charge is 0.490 e. The minimum absolute atomic E-state index is 0.217. The van der Waals surface area contributed by atoms with Gasteiger partial charge in [0.05, 0.1) is 18.2 Å². The smallest absolute Gasteiger partial charge is 0.258 e. The molecule has 0 aliphatic rings. The fourth-order valence-corrected chi connectivity index (χ4v) is 1.99. The van der Waals surface area contributed by atoms with Gasteiger partial charge in [-0.25, -0.2) is 5.01 Å². The van der Waals surface area contributed by atoms with Crippen molar-refractivity contribution in [3.8, 4) is 11.5 Å². The zero-order chi connectivity index (χ0) is 16.5. The molecule has 0 aliphatic heterocycles. The van der Waals surface area contributed by atoms with Gasteiger partial charge in [-0.05, 0) is 37.1 Å². The number of carbonyl (C=O) groups excluding carboxylic acids is 1. The molecule has 0 saturated heterocycles. The van der Waals surface area contributed by atoms with Gasteiger partial charge in [-0.15, -0.1) is 0 Å². The first-order valence-electron chi connectivity index (χ1n) is 7.23. The van der Waals surface area contributed by atoms with Crippen LogP contribution in [0.15, 0.2) is 18.2 Å². The van der Waals surface area contributed by atoms with Crippen LogP contribution in [0, 0.1) is 0 Å². The summed E-state index contributed by atoms with van der Waals surface area (Å²) in [6.07, 6.45) is 4.00. The van der Waals surface area contributed by atoms with E-state index in [4.69, 9.17) is 21.1 Å². The van der Waals surface area contributed by atoms with Gasteiger partial charge in [0.2, 0.25) is 0 Å². The highest BCUT2D eigenvalue weighted by Gasteiger charge is 2.11. The first-order chi connectivity index (χ1) is 10.5. The lowest BCUT2D eigenvalue weighted by molar-refractivity contribution is -0.119. The molecule has 0 aliphatic carbocycles. The fourth-order valence-electron chi connectivity index (χ4n) is 1.72. The first-order valence-corrected chi connectivity index (χ1v) is 7.60. The second-order valence-corrected chi connectivity index (χ2v) is 5.22. The maximum Gasteiger partial charge on any atom is 0.258 e. The molecule has 0 radical (unpaired) electrons. The third kappa shape index (κ3) is 5.95. The van der Waals surface area contributed by atoms with Crippen LogP contribution in [0.1, 0.15) is 25.8 Å². The summed E-state index contributed by atoms with van der Waals surface area (Å²) in [5.41, 5.74) is 3.39. The predicted octanol–water partition coefficient (Wildman–Crippen LogP) is 3.13. The molecule has 1 aromatic carbocycles. The summed E-state index contributed by atoms with van der Waals surface area (Å²) in [5, 5.41) is 2.04. The number of ether oxygens (including phenoxy) is 2. The molecule has 6 heteroatoms. The van der Waals surface area contributed by atoms with E-state index in [0.29, 0.717) is 29.7 Å². The average molecular weight is 327 g/mol. The number of benzene rings is 1. The Morgan fingerprint density at radius 2 is 2.05 bits per heavy atom. The van der Waals surface area contributed by atoms with Crippen molar-refractivity contribution in [1.29, 1.82) is 0 Å². The predicted molar refractivity (Wildman–Crippen MR) is 89.3 cm³/mol. The Labute approximate surface area is 136 Å². The highest BCUT2D eigenvalue weighted by Crippen LogP contribution is 2.37. The summed E-state index contributed by atoms with van der Waals surface area (Å²) >= 11 is 6.26. The Morgan fingerprint density at radius 1 is 1.32 bits per heavy atom. The molecule has 1 N–H and O–H groups in total. The third-order valence-corrected chi connectivity index (χ3v) is 2.82. The van der Waals surface area contributed by atoms with E-state index < -0.39 is 0 Å². The van der Waals surface area contributed by atoms with Crippen molar-refractivity contribution in [1.82, 2.24) is 10.4 Å². The lowest BCUT2D eigenvalue weighted by Gasteiger charge is -2.14. The minimum Gasteiger partial charge on any atom is -0.490 e. The highest BCUT2D eigenvalue weighted by atomic mass is 35.5. The van der Waals surface area contributed by atoms with Crippen LogP contribution in [-0.2, 0) is 4.79 Å². The van der Waals surface area contributed by atoms with E-state index >= 15 is 0 Å². The van der Waals surface area contributed by atoms with Gasteiger partial charge in [0, 0.05) is 20.2 Å². The molecular formula is C16H23ClN2O3. The molecule has 0 spiro atoms. The number of hydrogen-bond donors (Lipinski definition) is 1. The average Bonchev–Trinajstić information content (AvgIpc) is 2.44. The van der Waals surface area contributed by atoms with Gasteiger partial charge < -0.3 is 9.47 Å². The SMILES string of the molecule is CCCOc1c(Cl)cc(/C=C/C(=O)NN(C)C)cc1OCC. The molecule has 0 heterocycles. The second kappa shape index (κ2) is 9.33. The molecule has 0 aromatic heterocycles. The van der Waals surface area contributed by atoms with Gasteiger partial charge in [-0.3, -0.25) is 10.2 Å². The third-order valence-electron chi connectivity index (χ3n) is 2.54. The summed E-state index contributed by atoms with van der Waals surface area (Å²) in [4.78, 5) is 11.6. The van der Waals surface area contributed by atoms with Crippen molar-refractivity contribution in [2.45, 2.75) is 20.3 Å². The van der Waals surface area contributed by atoms with Crippen LogP contribution >= 0.6 is 11.6 Å². The molecule has 1 amide bonds. The Bertz CT molecular complexity index is 530. The molecule has 1 aromatic rings. The van der Waals surface area contributed by atoms with Crippen LogP contribution < -0.4 is 14.9 Å². The maximum atomic E-state index is 11.6. The second-order valence-electron chi connectivity index (χ2n) is 4.82. The normalized spacial score (nSPS) is 11.0. The molecule has 0 bridgehead atoms. The zero-order valence-corrected chi connectivity index (χ0v) is 14.2. The first kappa shape index (κ1) is 18.3. The van der Waals surface area contributed by atoms with Crippen molar-refractivity contribution in [3.05, 3.63) is 28.8 Å². The number of nitrogens with one attached hydrogen (secondary N) is 1. The lowest BCUT2D eigenvalue weighted by Crippen LogP contribution is -2.34. The zero-order valence-electron chi connectivity index (χ0n) is 13.5. The standard InChI is InChI=1S/C16H23ClN2O3/c1-5-9-22-16-13(17)10-12(11-14(16)21-6-2)7-8-15(20)18-19(3)4/h7-8,10-11H,5-6,9H2,1-4H3,(H,18,20)/b8-7+. The van der Waals surface area contributed by atoms with E-state index in [0.717, 1.165) is 12.0 Å². The van der Waals surface area contributed by atoms with E-state index in [1.807, 2.05) is 13.8 Å². The van der Waals surface area contributed by atoms with Gasteiger partial charge in [-0.2, -0.15) is 0 Å². The Balaban J connectivity index is 2.97. The van der Waals surface area contributed by atoms with Gasteiger partial charge >= 0.3 is 0 Å². The monoisotopic (exact) mass is 326 g/mol. The number of halogens is 1. The number of carbonyl (C=O) groups is 1. The molecule has 1 rings (SSSR count). The van der Waals surface area contributed by atoms with Gasteiger partial charge in [-0.1, -0.05) is 18.5 Å². The molecule has 22 heavy (non-hydrogen) atoms. The van der Waals surface area contributed by atoms with Crippen molar-refractivity contribution >= 4 is 23.6 Å². The molecule has 122 valence electrons. The molecule has 5 nitrogen and oxygen atoms in total. The molecule has 0 fully saturated rings. The van der Waals surface area contributed by atoms with Gasteiger partial charge in [0.25, 0.3) is 5.91 Å². The molecule has 0 atom stereocenters. The summed E-state index contributed by atoms with van der Waals surface area (Å²) in [6, 6.07) is 3.55. The van der Waals surface area contributed by atoms with Crippen LogP contribution in [-0.4, -0.2) is 38.2 Å². The number of hydrazine groups is 1. The van der Waals surface area contributed by atoms with Crippen LogP contribution in [0.4, 0.5) is 0 Å². The van der Waals surface area contributed by atoms with Gasteiger partial charge in [0.1, 0.15) is 0 Å². The van der Waals surface area contributed by atoms with Crippen LogP contribution in [0.2, 0.25) is 5.02 Å². The van der Waals surface area contributed by atoms with E-state index in [1.54, 1.807) is 37.3 Å². The van der Waals surface area contributed by atoms with Crippen molar-refractivity contribution < 1.29 is 14.3 Å². The highest BCUT2D eigenvalue weighted by molar-refractivity contribution is 6.32. The Kier molecular flexibility index (Phi) is 7.77. The van der Waals surface area contributed by atoms with E-state index in [1.165, 1.54) is 6.08 Å². The summed E-state index contributed by atoms with van der Waals surface area (Å²) in [6.45, 7) is 4.99. The van der Waals surface area contributed by atoms with E-state index in [2.05, 4.69) is 5.43 Å². The Morgan fingerprint density at radius 3 is 2.64 bits per heavy atom. The quantitative estimate of drug-likeness (QED) is 0.589. The fraction of sp³-hybridized carbons (Fsp3) is 0.438. The number of hydrogen-bond acceptors (Lipinski definition) is 4. The van der Waals surface area contributed by atoms with Crippen molar-refractivity contribution in [3.63, 3.8) is 0 Å². The number of amides is 1. The number of nitrogens with zero attached hydrogens (tertiary/aromatic N) is 1.